The van der Waals surface area contributed by atoms with Gasteiger partial charge in [0, 0.05) is 0 Å². The molecule has 3 heteroatoms. The Balaban J connectivity index is 2.14. The molecule has 0 aromatic heterocycles. The van der Waals surface area contributed by atoms with Crippen LogP contribution in [-0.2, 0) is 0 Å². The number of hydrogen-bond acceptors (Lipinski definition) is 3. The average Bonchev–Trinajstić information content (AvgIpc) is 2.59. The maximum Gasteiger partial charge on any atom is 0.127 e. The Morgan fingerprint density at radius 3 is 2.93 bits per heavy atom. The maximum absolute atomic E-state index is 9.79. The van der Waals surface area contributed by atoms with Gasteiger partial charge >= 0.3 is 0 Å². The van der Waals surface area contributed by atoms with Crippen molar-refractivity contribution in [1.82, 2.24) is 5.32 Å². The minimum absolute atomic E-state index is 0.0663. The molecule has 3 atom stereocenters. The molecular formula is C11H22N2O. The monoisotopic (exact) mass is 198 g/mol. The predicted molar refractivity (Wildman–Crippen MR) is 59.6 cm³/mol. The molecular weight excluding hydrogens is 176 g/mol. The quantitative estimate of drug-likeness (QED) is 0.502. The molecule has 1 aliphatic heterocycles. The molecule has 1 aliphatic rings. The molecule has 0 aromatic carbocycles. The maximum atomic E-state index is 9.79. The fourth-order valence-electron chi connectivity index (χ4n) is 1.77. The SMILES string of the molecule is CCCCCNC(O)C1N=CCC1C. The summed E-state index contributed by atoms with van der Waals surface area (Å²) in [5, 5.41) is 12.9. The molecule has 82 valence electrons. The minimum atomic E-state index is -0.458. The van der Waals surface area contributed by atoms with Crippen molar-refractivity contribution in [3.8, 4) is 0 Å². The van der Waals surface area contributed by atoms with E-state index in [1.54, 1.807) is 0 Å². The van der Waals surface area contributed by atoms with Crippen LogP contribution < -0.4 is 5.32 Å². The van der Waals surface area contributed by atoms with E-state index in [9.17, 15) is 5.11 Å². The van der Waals surface area contributed by atoms with E-state index < -0.39 is 6.23 Å². The van der Waals surface area contributed by atoms with Crippen molar-refractivity contribution in [3.63, 3.8) is 0 Å². The Morgan fingerprint density at radius 1 is 1.57 bits per heavy atom. The molecule has 1 heterocycles. The number of aliphatic hydroxyl groups excluding tert-OH is 1. The average molecular weight is 198 g/mol. The summed E-state index contributed by atoms with van der Waals surface area (Å²) in [6.45, 7) is 5.21. The number of unbranched alkanes of at least 4 members (excludes halogenated alkanes) is 2. The highest BCUT2D eigenvalue weighted by Gasteiger charge is 2.26. The van der Waals surface area contributed by atoms with Crippen molar-refractivity contribution in [2.75, 3.05) is 6.54 Å². The Hall–Kier alpha value is -0.410. The van der Waals surface area contributed by atoms with Gasteiger partial charge < -0.3 is 5.11 Å². The molecule has 0 aliphatic carbocycles. The molecule has 0 amide bonds. The second kappa shape index (κ2) is 6.14. The van der Waals surface area contributed by atoms with Gasteiger partial charge in [-0.05, 0) is 31.5 Å². The summed E-state index contributed by atoms with van der Waals surface area (Å²) in [7, 11) is 0. The van der Waals surface area contributed by atoms with Crippen molar-refractivity contribution in [3.05, 3.63) is 0 Å². The van der Waals surface area contributed by atoms with E-state index in [0.29, 0.717) is 5.92 Å². The van der Waals surface area contributed by atoms with Gasteiger partial charge in [-0.1, -0.05) is 26.7 Å². The molecule has 0 saturated carbocycles. The summed E-state index contributed by atoms with van der Waals surface area (Å²) in [5.74, 6) is 0.476. The highest BCUT2D eigenvalue weighted by atomic mass is 16.3. The highest BCUT2D eigenvalue weighted by molar-refractivity contribution is 5.60. The van der Waals surface area contributed by atoms with Gasteiger partial charge in [0.05, 0.1) is 6.04 Å². The van der Waals surface area contributed by atoms with Crippen LogP contribution in [0.15, 0.2) is 4.99 Å². The van der Waals surface area contributed by atoms with Crippen molar-refractivity contribution in [1.29, 1.82) is 0 Å². The Bertz CT molecular complexity index is 182. The molecule has 3 nitrogen and oxygen atoms in total. The first kappa shape index (κ1) is 11.7. The summed E-state index contributed by atoms with van der Waals surface area (Å²) in [4.78, 5) is 4.28. The van der Waals surface area contributed by atoms with Crippen LogP contribution in [0.4, 0.5) is 0 Å². The summed E-state index contributed by atoms with van der Waals surface area (Å²) < 4.78 is 0. The van der Waals surface area contributed by atoms with E-state index in [1.807, 2.05) is 6.21 Å². The zero-order valence-electron chi connectivity index (χ0n) is 9.24. The minimum Gasteiger partial charge on any atom is -0.376 e. The summed E-state index contributed by atoms with van der Waals surface area (Å²) in [6.07, 6.45) is 6.04. The van der Waals surface area contributed by atoms with Gasteiger partial charge in [0.2, 0.25) is 0 Å². The largest absolute Gasteiger partial charge is 0.376 e. The second-order valence-electron chi connectivity index (χ2n) is 4.14. The van der Waals surface area contributed by atoms with Gasteiger partial charge in [0.25, 0.3) is 0 Å². The highest BCUT2D eigenvalue weighted by Crippen LogP contribution is 2.18. The van der Waals surface area contributed by atoms with Gasteiger partial charge in [-0.25, -0.2) is 0 Å². The molecule has 0 fully saturated rings. The molecule has 0 spiro atoms. The number of aliphatic imine (C=N–C) groups is 1. The molecule has 0 saturated heterocycles. The standard InChI is InChI=1S/C11H22N2O/c1-3-4-5-7-13-11(14)10-9(2)6-8-12-10/h8-11,13-14H,3-7H2,1-2H3. The van der Waals surface area contributed by atoms with Crippen LogP contribution in [0.5, 0.6) is 0 Å². The van der Waals surface area contributed by atoms with Crippen molar-refractivity contribution >= 4 is 6.21 Å². The lowest BCUT2D eigenvalue weighted by molar-refractivity contribution is 0.0946. The number of hydrogen-bond donors (Lipinski definition) is 2. The molecule has 3 unspecified atom stereocenters. The first-order valence-corrected chi connectivity index (χ1v) is 5.68. The summed E-state index contributed by atoms with van der Waals surface area (Å²) in [6, 6.07) is 0.0663. The van der Waals surface area contributed by atoms with E-state index in [-0.39, 0.29) is 6.04 Å². The lowest BCUT2D eigenvalue weighted by atomic mass is 10.0. The number of nitrogens with zero attached hydrogens (tertiary/aromatic N) is 1. The first-order valence-electron chi connectivity index (χ1n) is 5.68. The number of nitrogens with one attached hydrogen (secondary N) is 1. The van der Waals surface area contributed by atoms with E-state index in [2.05, 4.69) is 24.2 Å². The van der Waals surface area contributed by atoms with Crippen LogP contribution >= 0.6 is 0 Å². The molecule has 0 bridgehead atoms. The van der Waals surface area contributed by atoms with E-state index >= 15 is 0 Å². The van der Waals surface area contributed by atoms with Gasteiger partial charge in [-0.2, -0.15) is 0 Å². The first-order chi connectivity index (χ1) is 6.75. The Labute approximate surface area is 86.6 Å². The van der Waals surface area contributed by atoms with E-state index in [0.717, 1.165) is 19.4 Å². The van der Waals surface area contributed by atoms with E-state index in [4.69, 9.17) is 0 Å². The third-order valence-electron chi connectivity index (χ3n) is 2.80. The zero-order chi connectivity index (χ0) is 10.4. The van der Waals surface area contributed by atoms with Crippen LogP contribution in [0.3, 0.4) is 0 Å². The van der Waals surface area contributed by atoms with Crippen molar-refractivity contribution in [2.45, 2.75) is 51.8 Å². The Morgan fingerprint density at radius 2 is 2.36 bits per heavy atom. The second-order valence-corrected chi connectivity index (χ2v) is 4.14. The van der Waals surface area contributed by atoms with Crippen LogP contribution in [0.25, 0.3) is 0 Å². The van der Waals surface area contributed by atoms with Gasteiger partial charge in [0.1, 0.15) is 6.23 Å². The van der Waals surface area contributed by atoms with Crippen LogP contribution in [-0.4, -0.2) is 30.1 Å². The number of aliphatic hydroxyl groups is 1. The lowest BCUT2D eigenvalue weighted by Gasteiger charge is -2.21. The predicted octanol–water partition coefficient (Wildman–Crippen LogP) is 1.56. The van der Waals surface area contributed by atoms with E-state index in [1.165, 1.54) is 12.8 Å². The smallest absolute Gasteiger partial charge is 0.127 e. The third kappa shape index (κ3) is 3.39. The van der Waals surface area contributed by atoms with Crippen LogP contribution in [0, 0.1) is 5.92 Å². The van der Waals surface area contributed by atoms with Gasteiger partial charge in [-0.3, -0.25) is 10.3 Å². The van der Waals surface area contributed by atoms with Crippen LogP contribution in [0.1, 0.15) is 39.5 Å². The summed E-state index contributed by atoms with van der Waals surface area (Å²) in [5.41, 5.74) is 0. The van der Waals surface area contributed by atoms with Gasteiger partial charge in [0.15, 0.2) is 0 Å². The van der Waals surface area contributed by atoms with Gasteiger partial charge in [-0.15, -0.1) is 0 Å². The van der Waals surface area contributed by atoms with Crippen LogP contribution in [0.2, 0.25) is 0 Å². The molecule has 2 N–H and O–H groups in total. The fourth-order valence-corrected chi connectivity index (χ4v) is 1.77. The molecule has 0 radical (unpaired) electrons. The Kier molecular flexibility index (Phi) is 5.12. The molecule has 0 aromatic rings. The fraction of sp³-hybridized carbons (Fsp3) is 0.909. The van der Waals surface area contributed by atoms with Crippen molar-refractivity contribution in [2.24, 2.45) is 10.9 Å². The molecule has 14 heavy (non-hydrogen) atoms. The zero-order valence-corrected chi connectivity index (χ0v) is 9.24. The third-order valence-corrected chi connectivity index (χ3v) is 2.80. The normalized spacial score (nSPS) is 28.2. The topological polar surface area (TPSA) is 44.6 Å². The number of rotatable bonds is 6. The summed E-state index contributed by atoms with van der Waals surface area (Å²) >= 11 is 0. The van der Waals surface area contributed by atoms with Crippen molar-refractivity contribution < 1.29 is 5.11 Å². The lowest BCUT2D eigenvalue weighted by Crippen LogP contribution is -2.41. The molecule has 1 rings (SSSR count).